The summed E-state index contributed by atoms with van der Waals surface area (Å²) in [5.41, 5.74) is 3.25. The molecule has 3 aromatic carbocycles. The van der Waals surface area contributed by atoms with Crippen LogP contribution in [0.1, 0.15) is 22.9 Å². The number of aliphatic hydroxyl groups excluding tert-OH is 1. The molecule has 31 heavy (non-hydrogen) atoms. The smallest absolute Gasteiger partial charge is 0.246 e. The van der Waals surface area contributed by atoms with Crippen LogP contribution in [-0.4, -0.2) is 28.5 Å². The SMILES string of the molecule is O=C1[C@@H](N2Cc3ccc(F)cc3C2O)CNc2ccc(F)cc2N1Cc1ccccc1. The summed E-state index contributed by atoms with van der Waals surface area (Å²) in [6.45, 7) is 0.814. The van der Waals surface area contributed by atoms with Gasteiger partial charge in [-0.05, 0) is 41.5 Å². The number of rotatable bonds is 3. The molecule has 0 saturated heterocycles. The van der Waals surface area contributed by atoms with E-state index in [4.69, 9.17) is 0 Å². The molecule has 1 unspecified atom stereocenters. The second-order valence-corrected chi connectivity index (χ2v) is 7.86. The maximum atomic E-state index is 14.1. The van der Waals surface area contributed by atoms with Crippen molar-refractivity contribution in [3.05, 3.63) is 95.1 Å². The minimum absolute atomic E-state index is 0.232. The minimum Gasteiger partial charge on any atom is -0.381 e. The van der Waals surface area contributed by atoms with Gasteiger partial charge < -0.3 is 15.3 Å². The summed E-state index contributed by atoms with van der Waals surface area (Å²) in [7, 11) is 0. The molecule has 0 saturated carbocycles. The molecule has 0 spiro atoms. The van der Waals surface area contributed by atoms with Crippen LogP contribution < -0.4 is 10.2 Å². The zero-order valence-electron chi connectivity index (χ0n) is 16.6. The lowest BCUT2D eigenvalue weighted by molar-refractivity contribution is -0.128. The van der Waals surface area contributed by atoms with E-state index >= 15 is 0 Å². The molecule has 2 aliphatic heterocycles. The number of carbonyl (C=O) groups is 1. The predicted octanol–water partition coefficient (Wildman–Crippen LogP) is 3.80. The van der Waals surface area contributed by atoms with E-state index in [-0.39, 0.29) is 19.0 Å². The molecule has 158 valence electrons. The molecule has 0 bridgehead atoms. The van der Waals surface area contributed by atoms with Gasteiger partial charge in [0.1, 0.15) is 23.9 Å². The van der Waals surface area contributed by atoms with Gasteiger partial charge in [-0.3, -0.25) is 9.69 Å². The molecule has 5 nitrogen and oxygen atoms in total. The van der Waals surface area contributed by atoms with Crippen LogP contribution in [0.15, 0.2) is 66.7 Å². The molecule has 2 N–H and O–H groups in total. The number of benzene rings is 3. The number of nitrogens with one attached hydrogen (secondary N) is 1. The topological polar surface area (TPSA) is 55.8 Å². The van der Waals surface area contributed by atoms with Crippen LogP contribution in [0, 0.1) is 11.6 Å². The van der Waals surface area contributed by atoms with Crippen molar-refractivity contribution in [1.82, 2.24) is 4.90 Å². The molecule has 0 aliphatic carbocycles. The van der Waals surface area contributed by atoms with Gasteiger partial charge in [0.2, 0.25) is 5.91 Å². The summed E-state index contributed by atoms with van der Waals surface area (Å²) in [5, 5.41) is 14.1. The van der Waals surface area contributed by atoms with Gasteiger partial charge in [-0.15, -0.1) is 0 Å². The van der Waals surface area contributed by atoms with E-state index < -0.39 is 23.9 Å². The number of hydrogen-bond donors (Lipinski definition) is 2. The Morgan fingerprint density at radius 1 is 1.00 bits per heavy atom. The first-order valence-corrected chi connectivity index (χ1v) is 10.1. The Morgan fingerprint density at radius 3 is 2.55 bits per heavy atom. The van der Waals surface area contributed by atoms with Gasteiger partial charge in [0.25, 0.3) is 0 Å². The van der Waals surface area contributed by atoms with Crippen molar-refractivity contribution in [2.45, 2.75) is 25.4 Å². The van der Waals surface area contributed by atoms with Gasteiger partial charge in [-0.2, -0.15) is 0 Å². The summed E-state index contributed by atoms with van der Waals surface area (Å²) < 4.78 is 27.8. The Hall–Kier alpha value is -3.29. The second kappa shape index (κ2) is 7.76. The summed E-state index contributed by atoms with van der Waals surface area (Å²) in [6.07, 6.45) is -1.10. The van der Waals surface area contributed by atoms with E-state index in [2.05, 4.69) is 5.32 Å². The van der Waals surface area contributed by atoms with Gasteiger partial charge >= 0.3 is 0 Å². The highest BCUT2D eigenvalue weighted by Gasteiger charge is 2.41. The Labute approximate surface area is 178 Å². The van der Waals surface area contributed by atoms with Crippen LogP contribution in [0.3, 0.4) is 0 Å². The maximum Gasteiger partial charge on any atom is 0.246 e. The highest BCUT2D eigenvalue weighted by molar-refractivity contribution is 6.01. The van der Waals surface area contributed by atoms with Crippen molar-refractivity contribution >= 4 is 17.3 Å². The number of hydrogen-bond acceptors (Lipinski definition) is 4. The van der Waals surface area contributed by atoms with E-state index in [9.17, 15) is 18.7 Å². The molecule has 0 radical (unpaired) electrons. The Kier molecular flexibility index (Phi) is 4.92. The summed E-state index contributed by atoms with van der Waals surface area (Å²) in [4.78, 5) is 16.9. The molecule has 1 amide bonds. The van der Waals surface area contributed by atoms with Crippen LogP contribution in [0.5, 0.6) is 0 Å². The van der Waals surface area contributed by atoms with Gasteiger partial charge in [0.15, 0.2) is 0 Å². The van der Waals surface area contributed by atoms with Crippen LogP contribution in [0.25, 0.3) is 0 Å². The molecule has 3 aromatic rings. The third-order valence-corrected chi connectivity index (χ3v) is 5.92. The molecule has 2 atom stereocenters. The van der Waals surface area contributed by atoms with Crippen molar-refractivity contribution in [3.8, 4) is 0 Å². The van der Waals surface area contributed by atoms with Crippen molar-refractivity contribution in [1.29, 1.82) is 0 Å². The van der Waals surface area contributed by atoms with Crippen LogP contribution in [0.4, 0.5) is 20.2 Å². The highest BCUT2D eigenvalue weighted by Crippen LogP contribution is 2.37. The number of carbonyl (C=O) groups excluding carboxylic acids is 1. The monoisotopic (exact) mass is 421 g/mol. The molecule has 2 heterocycles. The largest absolute Gasteiger partial charge is 0.381 e. The van der Waals surface area contributed by atoms with E-state index in [0.29, 0.717) is 23.5 Å². The number of amides is 1. The van der Waals surface area contributed by atoms with Crippen molar-refractivity contribution in [2.75, 3.05) is 16.8 Å². The molecule has 5 rings (SSSR count). The summed E-state index contributed by atoms with van der Waals surface area (Å²) >= 11 is 0. The highest BCUT2D eigenvalue weighted by atomic mass is 19.1. The van der Waals surface area contributed by atoms with Crippen LogP contribution in [-0.2, 0) is 17.9 Å². The summed E-state index contributed by atoms with van der Waals surface area (Å²) in [5.74, 6) is -1.12. The first-order valence-electron chi connectivity index (χ1n) is 10.1. The van der Waals surface area contributed by atoms with Gasteiger partial charge in [-0.1, -0.05) is 36.4 Å². The molecule has 2 aliphatic rings. The summed E-state index contributed by atoms with van der Waals surface area (Å²) in [6, 6.07) is 17.3. The van der Waals surface area contributed by atoms with Crippen LogP contribution in [0.2, 0.25) is 0 Å². The normalized spacial score (nSPS) is 20.7. The lowest BCUT2D eigenvalue weighted by Crippen LogP contribution is -2.49. The Morgan fingerprint density at radius 2 is 1.74 bits per heavy atom. The fourth-order valence-corrected chi connectivity index (χ4v) is 4.35. The molecule has 0 aromatic heterocycles. The predicted molar refractivity (Wildman–Crippen MR) is 113 cm³/mol. The maximum absolute atomic E-state index is 14.1. The molecule has 7 heteroatoms. The zero-order valence-corrected chi connectivity index (χ0v) is 16.6. The first kappa shape index (κ1) is 19.7. The number of nitrogens with zero attached hydrogens (tertiary/aromatic N) is 2. The molecular formula is C24H21F2N3O2. The fourth-order valence-electron chi connectivity index (χ4n) is 4.35. The third kappa shape index (κ3) is 3.56. The molecule has 0 fully saturated rings. The van der Waals surface area contributed by atoms with Gasteiger partial charge in [-0.25, -0.2) is 8.78 Å². The average Bonchev–Trinajstić information content (AvgIpc) is 3.02. The van der Waals surface area contributed by atoms with E-state index in [0.717, 1.165) is 11.1 Å². The lowest BCUT2D eigenvalue weighted by atomic mass is 10.1. The van der Waals surface area contributed by atoms with Crippen molar-refractivity contribution < 1.29 is 18.7 Å². The fraction of sp³-hybridized carbons (Fsp3) is 0.208. The number of anilines is 2. The zero-order chi connectivity index (χ0) is 21.5. The standard InChI is InChI=1S/C24H21F2N3O2/c25-17-7-6-16-14-29(23(30)19(16)10-17)22-12-27-20-9-8-18(26)11-21(20)28(24(22)31)13-15-4-2-1-3-5-15/h1-11,22-23,27,30H,12-14H2/t22-,23?/m0/s1. The van der Waals surface area contributed by atoms with Crippen molar-refractivity contribution in [2.24, 2.45) is 0 Å². The Bertz CT molecular complexity index is 1140. The molecular weight excluding hydrogens is 400 g/mol. The second-order valence-electron chi connectivity index (χ2n) is 7.86. The number of fused-ring (bicyclic) bond motifs is 2. The third-order valence-electron chi connectivity index (χ3n) is 5.92. The lowest BCUT2D eigenvalue weighted by Gasteiger charge is -2.32. The van der Waals surface area contributed by atoms with Crippen molar-refractivity contribution in [3.63, 3.8) is 0 Å². The first-order chi connectivity index (χ1) is 15.0. The van der Waals surface area contributed by atoms with Gasteiger partial charge in [0, 0.05) is 18.7 Å². The number of halogens is 2. The number of aliphatic hydroxyl groups is 1. The van der Waals surface area contributed by atoms with E-state index in [1.54, 1.807) is 21.9 Å². The minimum atomic E-state index is -1.10. The van der Waals surface area contributed by atoms with Crippen LogP contribution >= 0.6 is 0 Å². The van der Waals surface area contributed by atoms with E-state index in [1.165, 1.54) is 24.3 Å². The van der Waals surface area contributed by atoms with Gasteiger partial charge in [0.05, 0.1) is 17.9 Å². The Balaban J connectivity index is 1.52. The van der Waals surface area contributed by atoms with E-state index in [1.807, 2.05) is 30.3 Å². The average molecular weight is 421 g/mol. The quantitative estimate of drug-likeness (QED) is 0.676.